The van der Waals surface area contributed by atoms with Gasteiger partial charge in [0.1, 0.15) is 16.2 Å². The number of nitrogens with zero attached hydrogens (tertiary/aromatic N) is 2. The van der Waals surface area contributed by atoms with E-state index in [9.17, 15) is 14.0 Å². The third kappa shape index (κ3) is 3.54. The van der Waals surface area contributed by atoms with E-state index in [2.05, 4.69) is 4.98 Å². The van der Waals surface area contributed by atoms with Gasteiger partial charge >= 0.3 is 5.97 Å². The molecule has 144 valence electrons. The van der Waals surface area contributed by atoms with Crippen molar-refractivity contribution >= 4 is 28.8 Å². The molecule has 1 fully saturated rings. The molecule has 1 aliphatic rings. The van der Waals surface area contributed by atoms with Crippen LogP contribution in [0, 0.1) is 12.7 Å². The fraction of sp³-hybridized carbons (Fsp3) is 0.286. The molecule has 2 heterocycles. The Morgan fingerprint density at radius 1 is 1.32 bits per heavy atom. The van der Waals surface area contributed by atoms with Crippen molar-refractivity contribution in [1.82, 2.24) is 9.55 Å². The first-order valence-corrected chi connectivity index (χ1v) is 9.96. The van der Waals surface area contributed by atoms with Crippen molar-refractivity contribution in [2.24, 2.45) is 0 Å². The monoisotopic (exact) mass is 398 g/mol. The molecule has 1 aliphatic carbocycles. The molecule has 0 atom stereocenters. The molecule has 0 spiro atoms. The summed E-state index contributed by atoms with van der Waals surface area (Å²) in [5.41, 5.74) is 0.881. The van der Waals surface area contributed by atoms with E-state index in [1.807, 2.05) is 35.8 Å². The van der Waals surface area contributed by atoms with Crippen LogP contribution in [-0.2, 0) is 4.74 Å². The topological polar surface area (TPSA) is 61.2 Å². The lowest BCUT2D eigenvalue weighted by Gasteiger charge is -2.13. The predicted octanol–water partition coefficient (Wildman–Crippen LogP) is 4.51. The van der Waals surface area contributed by atoms with Crippen LogP contribution in [0.25, 0.3) is 11.0 Å². The average molecular weight is 398 g/mol. The lowest BCUT2D eigenvalue weighted by atomic mass is 10.2. The summed E-state index contributed by atoms with van der Waals surface area (Å²) in [4.78, 5) is 30.3. The number of aromatic nitrogens is 2. The zero-order valence-electron chi connectivity index (χ0n) is 15.6. The molecule has 0 unspecified atom stereocenters. The first-order chi connectivity index (χ1) is 13.5. The maximum absolute atomic E-state index is 14.7. The van der Waals surface area contributed by atoms with E-state index in [-0.39, 0.29) is 28.6 Å². The Morgan fingerprint density at radius 2 is 2.04 bits per heavy atom. The molecule has 4 rings (SSSR count). The van der Waals surface area contributed by atoms with Gasteiger partial charge < -0.3 is 9.30 Å². The second-order valence-corrected chi connectivity index (χ2v) is 7.85. The zero-order chi connectivity index (χ0) is 19.8. The number of fused-ring (bicyclic) bond motifs is 1. The van der Waals surface area contributed by atoms with Crippen molar-refractivity contribution in [2.75, 3.05) is 6.61 Å². The minimum absolute atomic E-state index is 0.0820. The smallest absolute Gasteiger partial charge is 0.343 e. The Hall–Kier alpha value is -2.67. The Balaban J connectivity index is 1.85. The Bertz CT molecular complexity index is 1120. The molecule has 2 aromatic heterocycles. The van der Waals surface area contributed by atoms with E-state index in [0.29, 0.717) is 5.65 Å². The molecule has 0 N–H and O–H groups in total. The molecular formula is C21H19FN2O3S. The van der Waals surface area contributed by atoms with Crippen LogP contribution in [0.15, 0.2) is 51.2 Å². The highest BCUT2D eigenvalue weighted by Gasteiger charge is 2.28. The van der Waals surface area contributed by atoms with Crippen molar-refractivity contribution in [1.29, 1.82) is 0 Å². The molecule has 0 aliphatic heterocycles. The van der Waals surface area contributed by atoms with Crippen LogP contribution in [0.2, 0.25) is 0 Å². The Labute approximate surface area is 165 Å². The summed E-state index contributed by atoms with van der Waals surface area (Å²) in [6.45, 7) is 3.82. The summed E-state index contributed by atoms with van der Waals surface area (Å²) >= 11 is 1.21. The zero-order valence-corrected chi connectivity index (χ0v) is 16.4. The van der Waals surface area contributed by atoms with Crippen LogP contribution >= 0.6 is 11.8 Å². The Morgan fingerprint density at radius 3 is 2.68 bits per heavy atom. The maximum Gasteiger partial charge on any atom is 0.343 e. The maximum atomic E-state index is 14.7. The molecule has 0 saturated heterocycles. The SMILES string of the molecule is CCOC(=O)c1cn(C2CC2)c2nc(Sc3ccc(C)cc3)c(F)cc2c1=O. The summed E-state index contributed by atoms with van der Waals surface area (Å²) < 4.78 is 21.5. The second-order valence-electron chi connectivity index (χ2n) is 6.79. The van der Waals surface area contributed by atoms with Gasteiger partial charge in [0.2, 0.25) is 5.43 Å². The van der Waals surface area contributed by atoms with Crippen molar-refractivity contribution in [3.8, 4) is 0 Å². The largest absolute Gasteiger partial charge is 0.462 e. The molecule has 1 saturated carbocycles. The van der Waals surface area contributed by atoms with Crippen LogP contribution in [0.4, 0.5) is 4.39 Å². The van der Waals surface area contributed by atoms with Gasteiger partial charge in [0.05, 0.1) is 12.0 Å². The highest BCUT2D eigenvalue weighted by molar-refractivity contribution is 7.99. The average Bonchev–Trinajstić information content (AvgIpc) is 3.50. The standard InChI is InChI=1S/C21H19FN2O3S/c1-3-27-21(26)16-11-24(13-6-7-13)19-15(18(16)25)10-17(22)20(23-19)28-14-8-4-12(2)5-9-14/h4-5,8-11,13H,3,6-7H2,1-2H3. The van der Waals surface area contributed by atoms with Gasteiger partial charge in [-0.3, -0.25) is 4.79 Å². The summed E-state index contributed by atoms with van der Waals surface area (Å²) in [6, 6.07) is 9.06. The number of esters is 1. The van der Waals surface area contributed by atoms with Crippen LogP contribution in [0.3, 0.4) is 0 Å². The van der Waals surface area contributed by atoms with E-state index < -0.39 is 17.2 Å². The summed E-state index contributed by atoms with van der Waals surface area (Å²) in [6.07, 6.45) is 3.37. The fourth-order valence-electron chi connectivity index (χ4n) is 3.01. The van der Waals surface area contributed by atoms with Crippen LogP contribution in [-0.4, -0.2) is 22.1 Å². The summed E-state index contributed by atoms with van der Waals surface area (Å²) in [5, 5.41) is 0.303. The highest BCUT2D eigenvalue weighted by Crippen LogP contribution is 2.37. The molecule has 7 heteroatoms. The van der Waals surface area contributed by atoms with Crippen molar-refractivity contribution < 1.29 is 13.9 Å². The van der Waals surface area contributed by atoms with Gasteiger partial charge in [-0.1, -0.05) is 29.5 Å². The number of benzene rings is 1. The number of pyridine rings is 2. The third-order valence-electron chi connectivity index (χ3n) is 4.60. The van der Waals surface area contributed by atoms with Crippen molar-refractivity contribution in [3.05, 3.63) is 63.7 Å². The van der Waals surface area contributed by atoms with Crippen molar-refractivity contribution in [2.45, 2.75) is 42.7 Å². The normalized spacial score (nSPS) is 13.7. The number of aryl methyl sites for hydroxylation is 1. The number of carbonyl (C=O) groups is 1. The van der Waals surface area contributed by atoms with Crippen LogP contribution in [0.1, 0.15) is 41.7 Å². The molecule has 0 amide bonds. The summed E-state index contributed by atoms with van der Waals surface area (Å²) in [5.74, 6) is -1.28. The quantitative estimate of drug-likeness (QED) is 0.592. The van der Waals surface area contributed by atoms with Crippen molar-refractivity contribution in [3.63, 3.8) is 0 Å². The van der Waals surface area contributed by atoms with Gasteiger partial charge in [-0.2, -0.15) is 0 Å². The summed E-state index contributed by atoms with van der Waals surface area (Å²) in [7, 11) is 0. The van der Waals surface area contributed by atoms with Crippen LogP contribution < -0.4 is 5.43 Å². The minimum atomic E-state index is -0.692. The van der Waals surface area contributed by atoms with E-state index in [4.69, 9.17) is 4.74 Å². The molecular weight excluding hydrogens is 379 g/mol. The number of ether oxygens (including phenoxy) is 1. The molecule has 28 heavy (non-hydrogen) atoms. The molecule has 3 aromatic rings. The fourth-order valence-corrected chi connectivity index (χ4v) is 3.79. The first kappa shape index (κ1) is 18.7. The van der Waals surface area contributed by atoms with Gasteiger partial charge in [0.25, 0.3) is 0 Å². The minimum Gasteiger partial charge on any atom is -0.462 e. The highest BCUT2D eigenvalue weighted by atomic mass is 32.2. The van der Waals surface area contributed by atoms with Gasteiger partial charge in [0.15, 0.2) is 5.82 Å². The third-order valence-corrected chi connectivity index (χ3v) is 5.58. The van der Waals surface area contributed by atoms with Crippen LogP contribution in [0.5, 0.6) is 0 Å². The lowest BCUT2D eigenvalue weighted by molar-refractivity contribution is 0.0524. The molecule has 5 nitrogen and oxygen atoms in total. The molecule has 0 radical (unpaired) electrons. The number of hydrogen-bond donors (Lipinski definition) is 0. The lowest BCUT2D eigenvalue weighted by Crippen LogP contribution is -2.21. The molecule has 0 bridgehead atoms. The predicted molar refractivity (Wildman–Crippen MR) is 105 cm³/mol. The number of hydrogen-bond acceptors (Lipinski definition) is 5. The Kier molecular flexibility index (Phi) is 4.93. The van der Waals surface area contributed by atoms with E-state index >= 15 is 0 Å². The van der Waals surface area contributed by atoms with Gasteiger partial charge in [0, 0.05) is 17.1 Å². The van der Waals surface area contributed by atoms with E-state index in [1.54, 1.807) is 6.92 Å². The number of carbonyl (C=O) groups excluding carboxylic acids is 1. The van der Waals surface area contributed by atoms with Gasteiger partial charge in [-0.05, 0) is 44.9 Å². The van der Waals surface area contributed by atoms with Gasteiger partial charge in [-0.25, -0.2) is 14.2 Å². The van der Waals surface area contributed by atoms with Gasteiger partial charge in [-0.15, -0.1) is 0 Å². The number of rotatable bonds is 5. The number of halogens is 1. The van der Waals surface area contributed by atoms with E-state index in [0.717, 1.165) is 23.3 Å². The first-order valence-electron chi connectivity index (χ1n) is 9.15. The second kappa shape index (κ2) is 7.39. The molecule has 1 aromatic carbocycles. The van der Waals surface area contributed by atoms with E-state index in [1.165, 1.54) is 24.0 Å².